The summed E-state index contributed by atoms with van der Waals surface area (Å²) in [4.78, 5) is 18.1. The number of rotatable bonds is 8. The number of halogens is 4. The van der Waals surface area contributed by atoms with Gasteiger partial charge >= 0.3 is 6.18 Å². The van der Waals surface area contributed by atoms with Gasteiger partial charge in [-0.1, -0.05) is 30.7 Å². The van der Waals surface area contributed by atoms with Crippen molar-refractivity contribution in [1.29, 1.82) is 0 Å². The minimum atomic E-state index is -4.32. The number of aliphatic imine (C=N–C) groups is 1. The standard InChI is InChI=1S/C22H31F3N4O2.HI/c1-29(2)20(30)12-27-21(28-19-10-17-7-8-18(19)9-17)26-11-15-3-5-16(6-4-15)13-31-14-22(23,24)25;/h3-6,17-19H,7-14H2,1-2H3,(H2,26,27,28);1H. The Hall–Kier alpha value is -1.56. The fourth-order valence-corrected chi connectivity index (χ4v) is 4.26. The number of alkyl halides is 3. The SMILES string of the molecule is CN(C)C(=O)CNC(=NCc1ccc(COCC(F)(F)F)cc1)NC1CC2CCC1C2.I. The number of hydrogen-bond donors (Lipinski definition) is 2. The molecule has 180 valence electrons. The van der Waals surface area contributed by atoms with E-state index in [0.29, 0.717) is 30.0 Å². The fraction of sp³-hybridized carbons (Fsp3) is 0.636. The average molecular weight is 568 g/mol. The lowest BCUT2D eigenvalue weighted by Gasteiger charge is -2.25. The molecule has 3 atom stereocenters. The molecule has 3 unspecified atom stereocenters. The summed E-state index contributed by atoms with van der Waals surface area (Å²) < 4.78 is 41.2. The minimum Gasteiger partial charge on any atom is -0.367 e. The van der Waals surface area contributed by atoms with Gasteiger partial charge in [-0.2, -0.15) is 13.2 Å². The van der Waals surface area contributed by atoms with E-state index in [1.165, 1.54) is 24.2 Å². The van der Waals surface area contributed by atoms with Crippen molar-refractivity contribution in [2.24, 2.45) is 16.8 Å². The van der Waals surface area contributed by atoms with Crippen LogP contribution in [0.25, 0.3) is 0 Å². The van der Waals surface area contributed by atoms with Crippen LogP contribution in [0.15, 0.2) is 29.3 Å². The lowest BCUT2D eigenvalue weighted by molar-refractivity contribution is -0.176. The first-order valence-corrected chi connectivity index (χ1v) is 10.7. The second kappa shape index (κ2) is 12.1. The third kappa shape index (κ3) is 8.42. The number of guanidine groups is 1. The van der Waals surface area contributed by atoms with E-state index in [-0.39, 0.29) is 43.0 Å². The lowest BCUT2D eigenvalue weighted by atomic mass is 9.95. The molecule has 1 aromatic rings. The number of ether oxygens (including phenoxy) is 1. The zero-order chi connectivity index (χ0) is 22.4. The number of nitrogens with one attached hydrogen (secondary N) is 2. The number of amides is 1. The zero-order valence-corrected chi connectivity index (χ0v) is 20.8. The molecule has 2 bridgehead atoms. The van der Waals surface area contributed by atoms with Gasteiger partial charge in [-0.05, 0) is 42.2 Å². The quantitative estimate of drug-likeness (QED) is 0.286. The molecule has 0 spiro atoms. The van der Waals surface area contributed by atoms with Gasteiger partial charge in [-0.25, -0.2) is 4.99 Å². The van der Waals surface area contributed by atoms with Gasteiger partial charge in [0.2, 0.25) is 5.91 Å². The van der Waals surface area contributed by atoms with E-state index in [9.17, 15) is 18.0 Å². The first-order chi connectivity index (χ1) is 14.7. The van der Waals surface area contributed by atoms with Crippen LogP contribution in [0.2, 0.25) is 0 Å². The van der Waals surface area contributed by atoms with Gasteiger partial charge < -0.3 is 20.3 Å². The highest BCUT2D eigenvalue weighted by molar-refractivity contribution is 14.0. The van der Waals surface area contributed by atoms with Gasteiger partial charge in [0, 0.05) is 20.1 Å². The number of hydrogen-bond acceptors (Lipinski definition) is 3. The van der Waals surface area contributed by atoms with Crippen molar-refractivity contribution in [2.45, 2.75) is 51.1 Å². The minimum absolute atomic E-state index is 0. The molecule has 2 N–H and O–H groups in total. The number of nitrogens with zero attached hydrogens (tertiary/aromatic N) is 2. The normalized spacial score (nSPS) is 22.4. The molecule has 32 heavy (non-hydrogen) atoms. The topological polar surface area (TPSA) is 66.0 Å². The highest BCUT2D eigenvalue weighted by Gasteiger charge is 2.39. The molecule has 10 heteroatoms. The summed E-state index contributed by atoms with van der Waals surface area (Å²) in [5.74, 6) is 2.03. The Labute approximate surface area is 204 Å². The monoisotopic (exact) mass is 568 g/mol. The van der Waals surface area contributed by atoms with Gasteiger partial charge in [0.1, 0.15) is 6.61 Å². The lowest BCUT2D eigenvalue weighted by Crippen LogP contribution is -2.48. The third-order valence-corrected chi connectivity index (χ3v) is 5.94. The summed E-state index contributed by atoms with van der Waals surface area (Å²) in [6, 6.07) is 7.53. The number of carbonyl (C=O) groups excluding carboxylic acids is 1. The second-order valence-corrected chi connectivity index (χ2v) is 8.66. The van der Waals surface area contributed by atoms with Crippen LogP contribution in [0.1, 0.15) is 36.8 Å². The predicted molar refractivity (Wildman–Crippen MR) is 128 cm³/mol. The van der Waals surface area contributed by atoms with E-state index < -0.39 is 12.8 Å². The van der Waals surface area contributed by atoms with Gasteiger partial charge in [0.25, 0.3) is 0 Å². The van der Waals surface area contributed by atoms with Crippen LogP contribution in [-0.4, -0.2) is 56.2 Å². The van der Waals surface area contributed by atoms with E-state index in [4.69, 9.17) is 0 Å². The molecule has 0 aliphatic heterocycles. The van der Waals surface area contributed by atoms with Crippen LogP contribution in [0.3, 0.4) is 0 Å². The second-order valence-electron chi connectivity index (χ2n) is 8.66. The van der Waals surface area contributed by atoms with Gasteiger partial charge in [-0.15, -0.1) is 24.0 Å². The van der Waals surface area contributed by atoms with E-state index in [1.807, 2.05) is 12.1 Å². The van der Waals surface area contributed by atoms with Crippen molar-refractivity contribution in [3.63, 3.8) is 0 Å². The van der Waals surface area contributed by atoms with Crippen molar-refractivity contribution in [3.8, 4) is 0 Å². The first-order valence-electron chi connectivity index (χ1n) is 10.7. The van der Waals surface area contributed by atoms with Crippen LogP contribution in [0.4, 0.5) is 13.2 Å². The molecule has 2 saturated carbocycles. The Morgan fingerprint density at radius 1 is 1.16 bits per heavy atom. The Morgan fingerprint density at radius 2 is 1.84 bits per heavy atom. The first kappa shape index (κ1) is 26.7. The fourth-order valence-electron chi connectivity index (χ4n) is 4.26. The molecule has 2 fully saturated rings. The molecule has 0 heterocycles. The van der Waals surface area contributed by atoms with E-state index >= 15 is 0 Å². The molecular weight excluding hydrogens is 536 g/mol. The molecule has 0 radical (unpaired) electrons. The van der Waals surface area contributed by atoms with Crippen LogP contribution in [0.5, 0.6) is 0 Å². The molecule has 1 aromatic carbocycles. The predicted octanol–water partition coefficient (Wildman–Crippen LogP) is 3.70. The third-order valence-electron chi connectivity index (χ3n) is 5.94. The Morgan fingerprint density at radius 3 is 2.41 bits per heavy atom. The summed E-state index contributed by atoms with van der Waals surface area (Å²) in [5, 5.41) is 6.64. The van der Waals surface area contributed by atoms with Crippen molar-refractivity contribution in [1.82, 2.24) is 15.5 Å². The Balaban J connectivity index is 0.00000363. The van der Waals surface area contributed by atoms with Crippen LogP contribution < -0.4 is 10.6 Å². The van der Waals surface area contributed by atoms with Gasteiger partial charge in [-0.3, -0.25) is 4.79 Å². The molecule has 2 aliphatic carbocycles. The van der Waals surface area contributed by atoms with Crippen LogP contribution >= 0.6 is 24.0 Å². The highest BCUT2D eigenvalue weighted by atomic mass is 127. The summed E-state index contributed by atoms with van der Waals surface area (Å²) in [5.41, 5.74) is 1.60. The maximum absolute atomic E-state index is 12.2. The van der Waals surface area contributed by atoms with Crippen LogP contribution in [-0.2, 0) is 22.7 Å². The molecule has 2 aliphatic rings. The summed E-state index contributed by atoms with van der Waals surface area (Å²) in [6.45, 7) is -0.784. The smallest absolute Gasteiger partial charge is 0.367 e. The summed E-state index contributed by atoms with van der Waals surface area (Å²) >= 11 is 0. The van der Waals surface area contributed by atoms with Gasteiger partial charge in [0.05, 0.1) is 19.7 Å². The molecule has 1 amide bonds. The average Bonchev–Trinajstić information content (AvgIpc) is 3.33. The number of fused-ring (bicyclic) bond motifs is 2. The molecule has 0 aromatic heterocycles. The van der Waals surface area contributed by atoms with Crippen molar-refractivity contribution >= 4 is 35.8 Å². The summed E-state index contributed by atoms with van der Waals surface area (Å²) in [7, 11) is 3.42. The van der Waals surface area contributed by atoms with Crippen LogP contribution in [0, 0.1) is 11.8 Å². The summed E-state index contributed by atoms with van der Waals surface area (Å²) in [6.07, 6.45) is 0.627. The molecule has 3 rings (SSSR count). The van der Waals surface area contributed by atoms with E-state index in [1.54, 1.807) is 26.2 Å². The molecule has 6 nitrogen and oxygen atoms in total. The Bertz CT molecular complexity index is 771. The zero-order valence-electron chi connectivity index (χ0n) is 18.5. The van der Waals surface area contributed by atoms with Gasteiger partial charge in [0.15, 0.2) is 5.96 Å². The largest absolute Gasteiger partial charge is 0.411 e. The van der Waals surface area contributed by atoms with Crippen molar-refractivity contribution < 1.29 is 22.7 Å². The molecule has 0 saturated heterocycles. The van der Waals surface area contributed by atoms with Crippen molar-refractivity contribution in [2.75, 3.05) is 27.2 Å². The maximum Gasteiger partial charge on any atom is 0.411 e. The maximum atomic E-state index is 12.2. The number of benzene rings is 1. The van der Waals surface area contributed by atoms with Crippen molar-refractivity contribution in [3.05, 3.63) is 35.4 Å². The van der Waals surface area contributed by atoms with E-state index in [0.717, 1.165) is 17.9 Å². The van der Waals surface area contributed by atoms with E-state index in [2.05, 4.69) is 20.4 Å². The highest BCUT2D eigenvalue weighted by Crippen LogP contribution is 2.44. The number of carbonyl (C=O) groups is 1. The Kier molecular flexibility index (Phi) is 10.1. The number of likely N-dealkylation sites (N-methyl/N-ethyl adjacent to an activating group) is 1. The molecular formula is C22H32F3IN4O2.